The van der Waals surface area contributed by atoms with Crippen LogP contribution >= 0.6 is 15.9 Å². The first kappa shape index (κ1) is 17.1. The van der Waals surface area contributed by atoms with Crippen LogP contribution in [0.5, 0.6) is 0 Å². The zero-order valence-electron chi connectivity index (χ0n) is 14.0. The maximum Gasteiger partial charge on any atom is 0.321 e. The molecule has 2 unspecified atom stereocenters. The van der Waals surface area contributed by atoms with Crippen LogP contribution in [-0.2, 0) is 24.1 Å². The summed E-state index contributed by atoms with van der Waals surface area (Å²) < 4.78 is 0.886. The van der Waals surface area contributed by atoms with Gasteiger partial charge in [-0.15, -0.1) is 0 Å². The smallest absolute Gasteiger partial charge is 0.321 e. The van der Waals surface area contributed by atoms with Crippen molar-refractivity contribution in [3.05, 3.63) is 32.4 Å². The Balaban J connectivity index is 1.89. The molecular weight excluding hydrogens is 356 g/mol. The lowest BCUT2D eigenvalue weighted by atomic mass is 9.85. The van der Waals surface area contributed by atoms with Gasteiger partial charge in [-0.25, -0.2) is 4.79 Å². The van der Waals surface area contributed by atoms with Crippen molar-refractivity contribution in [2.24, 2.45) is 0 Å². The van der Waals surface area contributed by atoms with E-state index < -0.39 is 0 Å². The van der Waals surface area contributed by atoms with Gasteiger partial charge in [0.1, 0.15) is 0 Å². The number of nitrogens with zero attached hydrogens (tertiary/aromatic N) is 1. The summed E-state index contributed by atoms with van der Waals surface area (Å²) >= 11 is 3.62. The lowest BCUT2D eigenvalue weighted by Gasteiger charge is -2.35. The van der Waals surface area contributed by atoms with E-state index in [-0.39, 0.29) is 17.4 Å². The van der Waals surface area contributed by atoms with E-state index in [2.05, 4.69) is 40.7 Å². The molecule has 126 valence electrons. The fourth-order valence-corrected chi connectivity index (χ4v) is 4.95. The van der Waals surface area contributed by atoms with Crippen molar-refractivity contribution < 1.29 is 9.86 Å². The van der Waals surface area contributed by atoms with Gasteiger partial charge in [-0.3, -0.25) is 5.06 Å². The SMILES string of the molecule is CCCN(CCC)C1CCc2c(cc3c(c2Br)[NH+]([O-])C(=O)C3)C1. The Bertz CT molecular complexity index is 612. The van der Waals surface area contributed by atoms with E-state index in [0.717, 1.165) is 42.4 Å². The van der Waals surface area contributed by atoms with Crippen molar-refractivity contribution in [1.29, 1.82) is 0 Å². The quantitative estimate of drug-likeness (QED) is 0.798. The van der Waals surface area contributed by atoms with Gasteiger partial charge < -0.3 is 10.1 Å². The minimum absolute atomic E-state index is 0.266. The first-order valence-electron chi connectivity index (χ1n) is 8.71. The second-order valence-corrected chi connectivity index (χ2v) is 7.52. The molecule has 1 aliphatic carbocycles. The van der Waals surface area contributed by atoms with Crippen molar-refractivity contribution >= 4 is 27.5 Å². The van der Waals surface area contributed by atoms with Crippen LogP contribution in [0.4, 0.5) is 5.69 Å². The van der Waals surface area contributed by atoms with Gasteiger partial charge in [-0.2, -0.15) is 0 Å². The van der Waals surface area contributed by atoms with E-state index in [9.17, 15) is 10.0 Å². The Morgan fingerprint density at radius 2 is 2.00 bits per heavy atom. The first-order chi connectivity index (χ1) is 11.1. The monoisotopic (exact) mass is 380 g/mol. The molecule has 5 heteroatoms. The van der Waals surface area contributed by atoms with Crippen LogP contribution in [0, 0.1) is 5.21 Å². The molecule has 1 heterocycles. The maximum atomic E-state index is 12.1. The minimum Gasteiger partial charge on any atom is -0.621 e. The Labute approximate surface area is 146 Å². The maximum absolute atomic E-state index is 12.1. The molecule has 0 saturated carbocycles. The third-order valence-electron chi connectivity index (χ3n) is 5.09. The molecule has 2 atom stereocenters. The number of hydrogen-bond acceptors (Lipinski definition) is 3. The van der Waals surface area contributed by atoms with Gasteiger partial charge >= 0.3 is 5.91 Å². The number of carbonyl (C=O) groups is 1. The summed E-state index contributed by atoms with van der Waals surface area (Å²) in [5.41, 5.74) is 4.12. The van der Waals surface area contributed by atoms with Crippen LogP contribution in [0.25, 0.3) is 0 Å². The van der Waals surface area contributed by atoms with Gasteiger partial charge in [-0.1, -0.05) is 13.8 Å². The van der Waals surface area contributed by atoms with Crippen LogP contribution in [0.2, 0.25) is 0 Å². The van der Waals surface area contributed by atoms with Crippen molar-refractivity contribution in [3.63, 3.8) is 0 Å². The van der Waals surface area contributed by atoms with Crippen LogP contribution in [0.1, 0.15) is 49.8 Å². The molecule has 1 amide bonds. The van der Waals surface area contributed by atoms with Crippen LogP contribution < -0.4 is 5.06 Å². The summed E-state index contributed by atoms with van der Waals surface area (Å²) in [5, 5.41) is 11.7. The molecule has 1 aliphatic heterocycles. The first-order valence-corrected chi connectivity index (χ1v) is 9.50. The minimum atomic E-state index is -0.310. The third-order valence-corrected chi connectivity index (χ3v) is 5.97. The van der Waals surface area contributed by atoms with E-state index in [1.165, 1.54) is 24.0 Å². The number of hydrogen-bond donors (Lipinski definition) is 1. The molecule has 0 fully saturated rings. The molecule has 2 aliphatic rings. The molecule has 0 saturated heterocycles. The molecular formula is C18H25BrN2O2. The second kappa shape index (κ2) is 7.01. The van der Waals surface area contributed by atoms with E-state index in [1.54, 1.807) is 0 Å². The van der Waals surface area contributed by atoms with E-state index >= 15 is 0 Å². The van der Waals surface area contributed by atoms with E-state index in [1.807, 2.05) is 0 Å². The topological polar surface area (TPSA) is 47.8 Å². The van der Waals surface area contributed by atoms with Crippen LogP contribution in [-0.4, -0.2) is 29.9 Å². The molecule has 3 rings (SSSR count). The average Bonchev–Trinajstić information content (AvgIpc) is 2.81. The number of fused-ring (bicyclic) bond motifs is 2. The van der Waals surface area contributed by atoms with Gasteiger partial charge in [0.2, 0.25) is 0 Å². The number of benzene rings is 1. The standard InChI is InChI=1S/C18H25BrN2O2/c1-3-7-20(8-4-2)14-5-6-15-12(10-14)9-13-11-16(22)21(23)18(13)17(15)19/h9,14,21H,3-8,10-11H2,1-2H3. The summed E-state index contributed by atoms with van der Waals surface area (Å²) in [6.07, 6.45) is 5.79. The number of hydroxylamine groups is 1. The number of amides is 1. The highest BCUT2D eigenvalue weighted by Crippen LogP contribution is 2.37. The highest BCUT2D eigenvalue weighted by Gasteiger charge is 2.35. The Kier molecular flexibility index (Phi) is 5.21. The largest absolute Gasteiger partial charge is 0.621 e. The zero-order chi connectivity index (χ0) is 16.6. The van der Waals surface area contributed by atoms with Gasteiger partial charge in [0.25, 0.3) is 0 Å². The lowest BCUT2D eigenvalue weighted by molar-refractivity contribution is -0.684. The molecule has 1 aromatic rings. The zero-order valence-corrected chi connectivity index (χ0v) is 15.5. The molecule has 4 nitrogen and oxygen atoms in total. The number of carbonyl (C=O) groups excluding carboxylic acids is 1. The van der Waals surface area contributed by atoms with Gasteiger partial charge in [0.15, 0.2) is 5.69 Å². The highest BCUT2D eigenvalue weighted by molar-refractivity contribution is 9.10. The molecule has 0 radical (unpaired) electrons. The summed E-state index contributed by atoms with van der Waals surface area (Å²) in [7, 11) is 0. The third kappa shape index (κ3) is 3.12. The van der Waals surface area contributed by atoms with Crippen LogP contribution in [0.3, 0.4) is 0 Å². The predicted octanol–water partition coefficient (Wildman–Crippen LogP) is 2.53. The van der Waals surface area contributed by atoms with Crippen molar-refractivity contribution in [2.45, 2.75) is 58.4 Å². The number of halogens is 1. The van der Waals surface area contributed by atoms with Crippen molar-refractivity contribution in [1.82, 2.24) is 4.90 Å². The van der Waals surface area contributed by atoms with Gasteiger partial charge in [0.05, 0.1) is 10.9 Å². The Hall–Kier alpha value is -0.750. The number of rotatable bonds is 5. The Morgan fingerprint density at radius 1 is 1.30 bits per heavy atom. The van der Waals surface area contributed by atoms with Crippen molar-refractivity contribution in [2.75, 3.05) is 13.1 Å². The molecule has 0 aromatic heterocycles. The normalized spacial score (nSPS) is 23.3. The van der Waals surface area contributed by atoms with E-state index in [4.69, 9.17) is 0 Å². The molecule has 0 bridgehead atoms. The second-order valence-electron chi connectivity index (χ2n) is 6.72. The fraction of sp³-hybridized carbons (Fsp3) is 0.611. The lowest BCUT2D eigenvalue weighted by Crippen LogP contribution is -3.03. The summed E-state index contributed by atoms with van der Waals surface area (Å²) in [4.78, 5) is 14.4. The average molecular weight is 381 g/mol. The van der Waals surface area contributed by atoms with Gasteiger partial charge in [-0.05, 0) is 78.3 Å². The van der Waals surface area contributed by atoms with Crippen molar-refractivity contribution in [3.8, 4) is 0 Å². The summed E-state index contributed by atoms with van der Waals surface area (Å²) in [6, 6.07) is 2.71. The summed E-state index contributed by atoms with van der Waals surface area (Å²) in [6.45, 7) is 6.77. The molecule has 23 heavy (non-hydrogen) atoms. The molecule has 1 N–H and O–H groups in total. The predicted molar refractivity (Wildman–Crippen MR) is 94.8 cm³/mol. The molecule has 1 aromatic carbocycles. The number of nitrogens with one attached hydrogen (secondary N) is 1. The fourth-order valence-electron chi connectivity index (χ4n) is 4.06. The van der Waals surface area contributed by atoms with Gasteiger partial charge in [0, 0.05) is 11.6 Å². The Morgan fingerprint density at radius 3 is 2.65 bits per heavy atom. The van der Waals surface area contributed by atoms with E-state index in [0.29, 0.717) is 11.7 Å². The number of quaternary nitrogens is 1. The highest BCUT2D eigenvalue weighted by atomic mass is 79.9. The molecule has 0 spiro atoms. The van der Waals surface area contributed by atoms with Crippen LogP contribution in [0.15, 0.2) is 10.5 Å². The summed E-state index contributed by atoms with van der Waals surface area (Å²) in [5.74, 6) is -0.266.